The predicted octanol–water partition coefficient (Wildman–Crippen LogP) is 2.50. The number of Topliss-reactive ketones (excluding diaryl/α,β-unsaturated/α-hetero) is 1. The van der Waals surface area contributed by atoms with Gasteiger partial charge in [0.05, 0.1) is 7.11 Å². The molecular formula is C11H11BrO3. The van der Waals surface area contributed by atoms with Crippen LogP contribution < -0.4 is 0 Å². The van der Waals surface area contributed by atoms with Crippen LogP contribution in [0, 0.1) is 6.92 Å². The van der Waals surface area contributed by atoms with Crippen molar-refractivity contribution in [1.29, 1.82) is 0 Å². The average Bonchev–Trinajstić information content (AvgIpc) is 2.16. The summed E-state index contributed by atoms with van der Waals surface area (Å²) in [5.41, 5.74) is 1.49. The molecule has 0 amide bonds. The van der Waals surface area contributed by atoms with Crippen LogP contribution in [0.15, 0.2) is 22.7 Å². The first-order chi connectivity index (χ1) is 7.02. The molecule has 0 aliphatic rings. The number of ketones is 1. The molecule has 0 heterocycles. The zero-order chi connectivity index (χ0) is 11.4. The third-order valence-electron chi connectivity index (χ3n) is 1.90. The lowest BCUT2D eigenvalue weighted by atomic mass is 10.1. The fraction of sp³-hybridized carbons (Fsp3) is 0.273. The van der Waals surface area contributed by atoms with E-state index in [1.807, 2.05) is 13.0 Å². The predicted molar refractivity (Wildman–Crippen MR) is 59.8 cm³/mol. The van der Waals surface area contributed by atoms with Gasteiger partial charge in [-0.25, -0.2) is 0 Å². The van der Waals surface area contributed by atoms with Crippen molar-refractivity contribution in [2.24, 2.45) is 0 Å². The molecule has 0 unspecified atom stereocenters. The van der Waals surface area contributed by atoms with Gasteiger partial charge in [-0.05, 0) is 30.7 Å². The normalized spacial score (nSPS) is 9.80. The molecule has 0 atom stereocenters. The lowest BCUT2D eigenvalue weighted by molar-refractivity contribution is -0.139. The number of hydrogen-bond donors (Lipinski definition) is 0. The fourth-order valence-electron chi connectivity index (χ4n) is 1.20. The molecule has 0 aromatic heterocycles. The first kappa shape index (κ1) is 11.9. The number of rotatable bonds is 3. The summed E-state index contributed by atoms with van der Waals surface area (Å²) in [6.45, 7) is 1.89. The highest BCUT2D eigenvalue weighted by molar-refractivity contribution is 9.10. The number of aryl methyl sites for hydroxylation is 1. The molecule has 0 saturated heterocycles. The van der Waals surface area contributed by atoms with E-state index >= 15 is 0 Å². The summed E-state index contributed by atoms with van der Waals surface area (Å²) in [5, 5.41) is 0. The summed E-state index contributed by atoms with van der Waals surface area (Å²) < 4.78 is 5.26. The fourth-order valence-corrected chi connectivity index (χ4v) is 1.81. The molecule has 3 nitrogen and oxygen atoms in total. The second-order valence-electron chi connectivity index (χ2n) is 3.19. The van der Waals surface area contributed by atoms with Gasteiger partial charge >= 0.3 is 5.97 Å². The van der Waals surface area contributed by atoms with E-state index in [0.29, 0.717) is 5.56 Å². The van der Waals surface area contributed by atoms with E-state index in [0.717, 1.165) is 10.0 Å². The zero-order valence-electron chi connectivity index (χ0n) is 8.54. The van der Waals surface area contributed by atoms with E-state index in [1.165, 1.54) is 7.11 Å². The Morgan fingerprint density at radius 1 is 1.33 bits per heavy atom. The topological polar surface area (TPSA) is 43.4 Å². The summed E-state index contributed by atoms with van der Waals surface area (Å²) in [6, 6.07) is 5.34. The molecule has 0 bridgehead atoms. The molecule has 1 aromatic carbocycles. The molecule has 0 radical (unpaired) electrons. The Morgan fingerprint density at radius 3 is 2.53 bits per heavy atom. The van der Waals surface area contributed by atoms with Gasteiger partial charge in [0.15, 0.2) is 5.78 Å². The van der Waals surface area contributed by atoms with Gasteiger partial charge in [-0.3, -0.25) is 9.59 Å². The third-order valence-corrected chi connectivity index (χ3v) is 2.35. The van der Waals surface area contributed by atoms with Crippen LogP contribution in [-0.2, 0) is 9.53 Å². The Hall–Kier alpha value is -1.16. The quantitative estimate of drug-likeness (QED) is 0.482. The highest BCUT2D eigenvalue weighted by Crippen LogP contribution is 2.16. The first-order valence-corrected chi connectivity index (χ1v) is 5.19. The van der Waals surface area contributed by atoms with Gasteiger partial charge < -0.3 is 4.74 Å². The second kappa shape index (κ2) is 5.07. The summed E-state index contributed by atoms with van der Waals surface area (Å²) >= 11 is 3.30. The third kappa shape index (κ3) is 3.47. The van der Waals surface area contributed by atoms with Gasteiger partial charge in [-0.15, -0.1) is 0 Å². The Balaban J connectivity index is 2.86. The number of methoxy groups -OCH3 is 1. The number of benzene rings is 1. The maximum atomic E-state index is 11.6. The van der Waals surface area contributed by atoms with Crippen LogP contribution in [-0.4, -0.2) is 18.9 Å². The van der Waals surface area contributed by atoms with Crippen LogP contribution in [0.4, 0.5) is 0 Å². The van der Waals surface area contributed by atoms with E-state index in [2.05, 4.69) is 20.7 Å². The highest BCUT2D eigenvalue weighted by Gasteiger charge is 2.12. The maximum Gasteiger partial charge on any atom is 0.313 e. The minimum atomic E-state index is -0.516. The van der Waals surface area contributed by atoms with Gasteiger partial charge in [0.25, 0.3) is 0 Å². The van der Waals surface area contributed by atoms with Gasteiger partial charge in [-0.1, -0.05) is 15.9 Å². The standard InChI is InChI=1S/C11H11BrO3/c1-7-3-8(5-9(12)4-7)10(13)6-11(14)15-2/h3-5H,6H2,1-2H3. The van der Waals surface area contributed by atoms with Gasteiger partial charge in [0.2, 0.25) is 0 Å². The van der Waals surface area contributed by atoms with Crippen molar-refractivity contribution >= 4 is 27.7 Å². The van der Waals surface area contributed by atoms with Crippen LogP contribution in [0.5, 0.6) is 0 Å². The second-order valence-corrected chi connectivity index (χ2v) is 4.11. The summed E-state index contributed by atoms with van der Waals surface area (Å²) in [5.74, 6) is -0.746. The minimum absolute atomic E-state index is 0.216. The van der Waals surface area contributed by atoms with Crippen molar-refractivity contribution in [3.8, 4) is 0 Å². The summed E-state index contributed by atoms with van der Waals surface area (Å²) in [4.78, 5) is 22.5. The molecule has 4 heteroatoms. The van der Waals surface area contributed by atoms with Crippen molar-refractivity contribution < 1.29 is 14.3 Å². The number of ether oxygens (including phenoxy) is 1. The van der Waals surface area contributed by atoms with Gasteiger partial charge in [0, 0.05) is 10.0 Å². The molecule has 0 aliphatic heterocycles. The Morgan fingerprint density at radius 2 is 2.00 bits per heavy atom. The molecule has 0 fully saturated rings. The largest absolute Gasteiger partial charge is 0.469 e. The lowest BCUT2D eigenvalue weighted by Gasteiger charge is -2.02. The molecule has 80 valence electrons. The molecule has 0 saturated carbocycles. The van der Waals surface area contributed by atoms with E-state index in [1.54, 1.807) is 12.1 Å². The van der Waals surface area contributed by atoms with Crippen LogP contribution >= 0.6 is 15.9 Å². The van der Waals surface area contributed by atoms with E-state index in [9.17, 15) is 9.59 Å². The van der Waals surface area contributed by atoms with E-state index in [4.69, 9.17) is 0 Å². The molecule has 1 aromatic rings. The summed E-state index contributed by atoms with van der Waals surface area (Å²) in [7, 11) is 1.27. The van der Waals surface area contributed by atoms with Crippen LogP contribution in [0.2, 0.25) is 0 Å². The number of carbonyl (C=O) groups is 2. The zero-order valence-corrected chi connectivity index (χ0v) is 10.1. The molecule has 0 spiro atoms. The van der Waals surface area contributed by atoms with Crippen molar-refractivity contribution in [2.45, 2.75) is 13.3 Å². The van der Waals surface area contributed by atoms with Crippen LogP contribution in [0.1, 0.15) is 22.3 Å². The number of carbonyl (C=O) groups excluding carboxylic acids is 2. The molecule has 1 rings (SSSR count). The van der Waals surface area contributed by atoms with Crippen molar-refractivity contribution in [3.63, 3.8) is 0 Å². The van der Waals surface area contributed by atoms with Crippen molar-refractivity contribution in [2.75, 3.05) is 7.11 Å². The first-order valence-electron chi connectivity index (χ1n) is 4.40. The average molecular weight is 271 g/mol. The SMILES string of the molecule is COC(=O)CC(=O)c1cc(C)cc(Br)c1. The highest BCUT2D eigenvalue weighted by atomic mass is 79.9. The van der Waals surface area contributed by atoms with Gasteiger partial charge in [0.1, 0.15) is 6.42 Å². The molecule has 0 aliphatic carbocycles. The van der Waals surface area contributed by atoms with Crippen molar-refractivity contribution in [3.05, 3.63) is 33.8 Å². The van der Waals surface area contributed by atoms with Crippen molar-refractivity contribution in [1.82, 2.24) is 0 Å². The number of hydrogen-bond acceptors (Lipinski definition) is 3. The van der Waals surface area contributed by atoms with E-state index < -0.39 is 5.97 Å². The number of halogens is 1. The Kier molecular flexibility index (Phi) is 4.03. The van der Waals surface area contributed by atoms with Gasteiger partial charge in [-0.2, -0.15) is 0 Å². The molecular weight excluding hydrogens is 260 g/mol. The minimum Gasteiger partial charge on any atom is -0.469 e. The monoisotopic (exact) mass is 270 g/mol. The summed E-state index contributed by atoms with van der Waals surface area (Å²) in [6.07, 6.45) is -0.216. The van der Waals surface area contributed by atoms with Crippen LogP contribution in [0.3, 0.4) is 0 Å². The van der Waals surface area contributed by atoms with Crippen LogP contribution in [0.25, 0.3) is 0 Å². The molecule has 15 heavy (non-hydrogen) atoms. The Labute approximate surface area is 96.6 Å². The molecule has 0 N–H and O–H groups in total. The smallest absolute Gasteiger partial charge is 0.313 e. The lowest BCUT2D eigenvalue weighted by Crippen LogP contribution is -2.09. The maximum absolute atomic E-state index is 11.6. The van der Waals surface area contributed by atoms with E-state index in [-0.39, 0.29) is 12.2 Å². The Bertz CT molecular complexity index is 379. The number of esters is 1.